The highest BCUT2D eigenvalue weighted by atomic mass is 35.5. The molecular formula is C22H29ClN2O4. The molecule has 6 nitrogen and oxygen atoms in total. The lowest BCUT2D eigenvalue weighted by atomic mass is 9.93. The molecule has 1 unspecified atom stereocenters. The van der Waals surface area contributed by atoms with Crippen LogP contribution in [0.2, 0.25) is 5.02 Å². The van der Waals surface area contributed by atoms with Crippen molar-refractivity contribution in [2.45, 2.75) is 38.8 Å². The van der Waals surface area contributed by atoms with E-state index in [0.717, 1.165) is 50.4 Å². The maximum atomic E-state index is 12.4. The highest BCUT2D eigenvalue weighted by Gasteiger charge is 2.22. The number of nitrogens with one attached hydrogen (secondary N) is 1. The SMILES string of the molecule is COCc1ccc(CN2CCCC(CCC(=O)Nc3cc(Cl)ccc3OC)C2)o1. The average Bonchev–Trinajstić information content (AvgIpc) is 3.14. The van der Waals surface area contributed by atoms with Gasteiger partial charge in [0.2, 0.25) is 5.91 Å². The molecule has 1 aliphatic heterocycles. The third-order valence-electron chi connectivity index (χ3n) is 5.20. The predicted molar refractivity (Wildman–Crippen MR) is 113 cm³/mol. The van der Waals surface area contributed by atoms with Crippen LogP contribution in [0.4, 0.5) is 5.69 Å². The number of halogens is 1. The minimum absolute atomic E-state index is 0.0158. The molecule has 3 rings (SSSR count). The second-order valence-electron chi connectivity index (χ2n) is 7.48. The van der Waals surface area contributed by atoms with E-state index < -0.39 is 0 Å². The number of anilines is 1. The summed E-state index contributed by atoms with van der Waals surface area (Å²) in [4.78, 5) is 14.8. The van der Waals surface area contributed by atoms with Crippen molar-refractivity contribution in [3.63, 3.8) is 0 Å². The molecule has 2 aromatic rings. The van der Waals surface area contributed by atoms with Crippen molar-refractivity contribution in [2.75, 3.05) is 32.6 Å². The number of ether oxygens (including phenoxy) is 2. The molecule has 0 bridgehead atoms. The van der Waals surface area contributed by atoms with Crippen LogP contribution in [-0.2, 0) is 22.7 Å². The number of piperidine rings is 1. The molecule has 0 saturated carbocycles. The quantitative estimate of drug-likeness (QED) is 0.636. The Morgan fingerprint density at radius 2 is 2.10 bits per heavy atom. The molecule has 1 amide bonds. The summed E-state index contributed by atoms with van der Waals surface area (Å²) < 4.78 is 16.2. The van der Waals surface area contributed by atoms with E-state index in [1.807, 2.05) is 12.1 Å². The van der Waals surface area contributed by atoms with E-state index in [1.165, 1.54) is 0 Å². The fourth-order valence-corrected chi connectivity index (χ4v) is 3.98. The molecule has 1 N–H and O–H groups in total. The first-order valence-electron chi connectivity index (χ1n) is 9.99. The molecular weight excluding hydrogens is 392 g/mol. The van der Waals surface area contributed by atoms with Crippen molar-refractivity contribution in [1.82, 2.24) is 4.90 Å². The number of hydrogen-bond donors (Lipinski definition) is 1. The van der Waals surface area contributed by atoms with Crippen LogP contribution in [0.3, 0.4) is 0 Å². The number of carbonyl (C=O) groups is 1. The third-order valence-corrected chi connectivity index (χ3v) is 5.44. The van der Waals surface area contributed by atoms with Crippen LogP contribution < -0.4 is 10.1 Å². The van der Waals surface area contributed by atoms with Gasteiger partial charge >= 0.3 is 0 Å². The summed E-state index contributed by atoms with van der Waals surface area (Å²) in [6.07, 6.45) is 3.63. The van der Waals surface area contributed by atoms with E-state index in [-0.39, 0.29) is 5.91 Å². The molecule has 0 aliphatic carbocycles. The number of methoxy groups -OCH3 is 2. The second-order valence-corrected chi connectivity index (χ2v) is 7.91. The zero-order chi connectivity index (χ0) is 20.6. The van der Waals surface area contributed by atoms with Gasteiger partial charge in [0.15, 0.2) is 0 Å². The van der Waals surface area contributed by atoms with Gasteiger partial charge in [0.25, 0.3) is 0 Å². The molecule has 1 aromatic heterocycles. The number of furan rings is 1. The topological polar surface area (TPSA) is 63.9 Å². The van der Waals surface area contributed by atoms with Crippen molar-refractivity contribution < 1.29 is 18.7 Å². The van der Waals surface area contributed by atoms with Gasteiger partial charge in [0.05, 0.1) is 19.3 Å². The summed E-state index contributed by atoms with van der Waals surface area (Å²) in [5.41, 5.74) is 0.611. The standard InChI is InChI=1S/C22H29ClN2O4/c1-27-15-19-8-7-18(29-19)14-25-11-3-4-16(13-25)5-10-22(26)24-20-12-17(23)6-9-21(20)28-2/h6-9,12,16H,3-5,10-11,13-15H2,1-2H3,(H,24,26). The molecule has 0 radical (unpaired) electrons. The first-order chi connectivity index (χ1) is 14.1. The van der Waals surface area contributed by atoms with Crippen molar-refractivity contribution in [1.29, 1.82) is 0 Å². The van der Waals surface area contributed by atoms with Crippen LogP contribution in [0.25, 0.3) is 0 Å². The summed E-state index contributed by atoms with van der Waals surface area (Å²) in [6, 6.07) is 9.19. The molecule has 158 valence electrons. The van der Waals surface area contributed by atoms with Crippen LogP contribution in [0, 0.1) is 5.92 Å². The van der Waals surface area contributed by atoms with Gasteiger partial charge in [-0.1, -0.05) is 11.6 Å². The second kappa shape index (κ2) is 10.7. The Morgan fingerprint density at radius 3 is 2.90 bits per heavy atom. The molecule has 1 aliphatic rings. The number of hydrogen-bond acceptors (Lipinski definition) is 5. The molecule has 2 heterocycles. The lowest BCUT2D eigenvalue weighted by Crippen LogP contribution is -2.35. The third kappa shape index (κ3) is 6.49. The smallest absolute Gasteiger partial charge is 0.224 e. The Labute approximate surface area is 177 Å². The monoisotopic (exact) mass is 420 g/mol. The summed E-state index contributed by atoms with van der Waals surface area (Å²) >= 11 is 6.03. The highest BCUT2D eigenvalue weighted by molar-refractivity contribution is 6.31. The predicted octanol–water partition coefficient (Wildman–Crippen LogP) is 4.72. The molecule has 1 aromatic carbocycles. The first kappa shape index (κ1) is 21.7. The van der Waals surface area contributed by atoms with E-state index >= 15 is 0 Å². The van der Waals surface area contributed by atoms with Crippen LogP contribution >= 0.6 is 11.6 Å². The number of likely N-dealkylation sites (tertiary alicyclic amines) is 1. The summed E-state index contributed by atoms with van der Waals surface area (Å²) in [6.45, 7) is 3.33. The maximum Gasteiger partial charge on any atom is 0.224 e. The fraction of sp³-hybridized carbons (Fsp3) is 0.500. The zero-order valence-corrected chi connectivity index (χ0v) is 17.8. The first-order valence-corrected chi connectivity index (χ1v) is 10.4. The van der Waals surface area contributed by atoms with Crippen molar-refractivity contribution >= 4 is 23.2 Å². The zero-order valence-electron chi connectivity index (χ0n) is 17.1. The van der Waals surface area contributed by atoms with Crippen LogP contribution in [0.15, 0.2) is 34.7 Å². The van der Waals surface area contributed by atoms with Gasteiger partial charge in [-0.2, -0.15) is 0 Å². The van der Waals surface area contributed by atoms with E-state index in [0.29, 0.717) is 35.4 Å². The molecule has 0 spiro atoms. The van der Waals surface area contributed by atoms with Crippen molar-refractivity contribution in [3.05, 3.63) is 46.9 Å². The Hall–Kier alpha value is -2.02. The Morgan fingerprint density at radius 1 is 1.28 bits per heavy atom. The molecule has 7 heteroatoms. The van der Waals surface area contributed by atoms with Crippen molar-refractivity contribution in [2.24, 2.45) is 5.92 Å². The number of amides is 1. The van der Waals surface area contributed by atoms with Gasteiger partial charge in [-0.25, -0.2) is 0 Å². The van der Waals surface area contributed by atoms with Crippen LogP contribution in [-0.4, -0.2) is 38.1 Å². The summed E-state index contributed by atoms with van der Waals surface area (Å²) in [7, 11) is 3.24. The van der Waals surface area contributed by atoms with E-state index in [2.05, 4.69) is 10.2 Å². The van der Waals surface area contributed by atoms with Gasteiger partial charge in [0.1, 0.15) is 23.9 Å². The summed E-state index contributed by atoms with van der Waals surface area (Å²) in [5, 5.41) is 3.48. The Kier molecular flexibility index (Phi) is 7.98. The van der Waals surface area contributed by atoms with Gasteiger partial charge in [-0.15, -0.1) is 0 Å². The summed E-state index contributed by atoms with van der Waals surface area (Å²) in [5.74, 6) is 2.91. The Balaban J connectivity index is 1.46. The molecule has 29 heavy (non-hydrogen) atoms. The lowest BCUT2D eigenvalue weighted by Gasteiger charge is -2.32. The molecule has 1 saturated heterocycles. The van der Waals surface area contributed by atoms with Crippen LogP contribution in [0.5, 0.6) is 5.75 Å². The molecule has 1 atom stereocenters. The lowest BCUT2D eigenvalue weighted by molar-refractivity contribution is -0.116. The number of nitrogens with zero attached hydrogens (tertiary/aromatic N) is 1. The maximum absolute atomic E-state index is 12.4. The van der Waals surface area contributed by atoms with Gasteiger partial charge in [0, 0.05) is 25.1 Å². The minimum Gasteiger partial charge on any atom is -0.495 e. The number of benzene rings is 1. The highest BCUT2D eigenvalue weighted by Crippen LogP contribution is 2.28. The Bertz CT molecular complexity index is 808. The largest absolute Gasteiger partial charge is 0.495 e. The van der Waals surface area contributed by atoms with Gasteiger partial charge < -0.3 is 19.2 Å². The molecule has 1 fully saturated rings. The van der Waals surface area contributed by atoms with Crippen molar-refractivity contribution in [3.8, 4) is 5.75 Å². The van der Waals surface area contributed by atoms with E-state index in [4.69, 9.17) is 25.5 Å². The normalized spacial score (nSPS) is 17.3. The average molecular weight is 421 g/mol. The number of rotatable bonds is 9. The minimum atomic E-state index is -0.0158. The van der Waals surface area contributed by atoms with E-state index in [1.54, 1.807) is 32.4 Å². The van der Waals surface area contributed by atoms with Gasteiger partial charge in [-0.3, -0.25) is 9.69 Å². The fourth-order valence-electron chi connectivity index (χ4n) is 3.80. The van der Waals surface area contributed by atoms with E-state index in [9.17, 15) is 4.79 Å². The number of carbonyl (C=O) groups excluding carboxylic acids is 1. The van der Waals surface area contributed by atoms with Gasteiger partial charge in [-0.05, 0) is 62.1 Å². The van der Waals surface area contributed by atoms with Crippen LogP contribution in [0.1, 0.15) is 37.2 Å².